The van der Waals surface area contributed by atoms with Gasteiger partial charge in [-0.15, -0.1) is 0 Å². The predicted octanol–water partition coefficient (Wildman–Crippen LogP) is 4.11. The Balaban J connectivity index is 1.82. The van der Waals surface area contributed by atoms with Crippen LogP contribution in [0.15, 0.2) is 54.6 Å². The number of nitrogens with two attached hydrogens (primary N) is 1. The molecule has 4 aromatic rings. The van der Waals surface area contributed by atoms with E-state index in [1.165, 1.54) is 4.68 Å². The van der Waals surface area contributed by atoms with E-state index in [9.17, 15) is 9.59 Å². The van der Waals surface area contributed by atoms with Gasteiger partial charge in [0.1, 0.15) is 0 Å². The highest BCUT2D eigenvalue weighted by Gasteiger charge is 2.27. The second kappa shape index (κ2) is 8.26. The molecular weight excluding hydrogens is 402 g/mol. The summed E-state index contributed by atoms with van der Waals surface area (Å²) in [6.45, 7) is 7.46. The number of para-hydroxylation sites is 1. The number of carbonyl (C=O) groups is 2. The molecule has 2 aromatic carbocycles. The van der Waals surface area contributed by atoms with Crippen LogP contribution in [0.1, 0.15) is 50.2 Å². The fourth-order valence-electron chi connectivity index (χ4n) is 4.15. The van der Waals surface area contributed by atoms with E-state index in [1.807, 2.05) is 82.3 Å². The Morgan fingerprint density at radius 2 is 1.69 bits per heavy atom. The van der Waals surface area contributed by atoms with Gasteiger partial charge in [-0.05, 0) is 44.9 Å². The third-order valence-corrected chi connectivity index (χ3v) is 5.72. The van der Waals surface area contributed by atoms with Crippen LogP contribution in [0.3, 0.4) is 0 Å². The average Bonchev–Trinajstić information content (AvgIpc) is 3.06. The number of aryl methyl sites for hydroxylation is 3. The van der Waals surface area contributed by atoms with Crippen molar-refractivity contribution >= 4 is 22.8 Å². The minimum Gasteiger partial charge on any atom is -0.352 e. The van der Waals surface area contributed by atoms with E-state index in [0.29, 0.717) is 22.6 Å². The van der Waals surface area contributed by atoms with Crippen molar-refractivity contribution < 1.29 is 9.59 Å². The molecule has 0 saturated carbocycles. The number of fused-ring (bicyclic) bond motifs is 1. The zero-order chi connectivity index (χ0) is 23.0. The Morgan fingerprint density at radius 3 is 2.38 bits per heavy atom. The summed E-state index contributed by atoms with van der Waals surface area (Å²) < 4.78 is 1.38. The fourth-order valence-corrected chi connectivity index (χ4v) is 4.15. The quantitative estimate of drug-likeness (QED) is 0.511. The number of urea groups is 1. The summed E-state index contributed by atoms with van der Waals surface area (Å²) in [6, 6.07) is 16.1. The molecule has 0 bridgehead atoms. The first kappa shape index (κ1) is 21.2. The summed E-state index contributed by atoms with van der Waals surface area (Å²) in [5, 5.41) is 8.22. The Kier molecular flexibility index (Phi) is 5.48. The molecule has 2 heterocycles. The minimum absolute atomic E-state index is 0.267. The second-order valence-corrected chi connectivity index (χ2v) is 7.92. The van der Waals surface area contributed by atoms with Gasteiger partial charge in [-0.2, -0.15) is 5.10 Å². The number of carbonyl (C=O) groups excluding carboxylic acids is 2. The van der Waals surface area contributed by atoms with E-state index < -0.39 is 12.1 Å². The van der Waals surface area contributed by atoms with Crippen molar-refractivity contribution in [1.29, 1.82) is 0 Å². The molecule has 0 spiro atoms. The van der Waals surface area contributed by atoms with Crippen molar-refractivity contribution in [3.05, 3.63) is 93.9 Å². The van der Waals surface area contributed by atoms with E-state index >= 15 is 0 Å². The third-order valence-electron chi connectivity index (χ3n) is 5.72. The average molecular weight is 428 g/mol. The predicted molar refractivity (Wildman–Crippen MR) is 124 cm³/mol. The monoisotopic (exact) mass is 427 g/mol. The number of primary amides is 1. The lowest BCUT2D eigenvalue weighted by Gasteiger charge is -2.19. The molecule has 1 unspecified atom stereocenters. The maximum atomic E-state index is 13.5. The Labute approximate surface area is 186 Å². The van der Waals surface area contributed by atoms with Crippen LogP contribution in [0.5, 0.6) is 0 Å². The van der Waals surface area contributed by atoms with E-state index in [4.69, 9.17) is 5.73 Å². The van der Waals surface area contributed by atoms with Crippen molar-refractivity contribution in [2.45, 2.75) is 33.7 Å². The first-order valence-electron chi connectivity index (χ1n) is 10.4. The van der Waals surface area contributed by atoms with Gasteiger partial charge in [0.15, 0.2) is 0 Å². The molecule has 0 aliphatic rings. The summed E-state index contributed by atoms with van der Waals surface area (Å²) in [4.78, 5) is 29.9. The summed E-state index contributed by atoms with van der Waals surface area (Å²) in [5.74, 6) is -0.267. The number of amides is 2. The van der Waals surface area contributed by atoms with Gasteiger partial charge in [-0.25, -0.2) is 9.48 Å². The van der Waals surface area contributed by atoms with Crippen molar-refractivity contribution in [2.75, 3.05) is 0 Å². The van der Waals surface area contributed by atoms with Crippen LogP contribution in [0, 0.1) is 27.7 Å². The summed E-state index contributed by atoms with van der Waals surface area (Å²) in [6.07, 6.45) is 0. The van der Waals surface area contributed by atoms with Gasteiger partial charge in [0, 0.05) is 10.9 Å². The highest BCUT2D eigenvalue weighted by molar-refractivity contribution is 6.00. The molecule has 1 atom stereocenters. The zero-order valence-electron chi connectivity index (χ0n) is 18.5. The topological polar surface area (TPSA) is 103 Å². The van der Waals surface area contributed by atoms with E-state index in [-0.39, 0.29) is 5.91 Å². The number of pyridine rings is 1. The number of nitrogens with one attached hydrogen (secondary N) is 1. The van der Waals surface area contributed by atoms with Crippen LogP contribution in [-0.4, -0.2) is 26.7 Å². The van der Waals surface area contributed by atoms with Gasteiger partial charge in [0.2, 0.25) is 0 Å². The molecule has 4 rings (SSSR count). The number of benzene rings is 2. The minimum atomic E-state index is -0.651. The maximum absolute atomic E-state index is 13.5. The summed E-state index contributed by atoms with van der Waals surface area (Å²) in [5.41, 5.74) is 11.4. The summed E-state index contributed by atoms with van der Waals surface area (Å²) in [7, 11) is 0. The van der Waals surface area contributed by atoms with Gasteiger partial charge in [-0.1, -0.05) is 48.5 Å². The van der Waals surface area contributed by atoms with E-state index in [0.717, 1.165) is 27.6 Å². The van der Waals surface area contributed by atoms with Crippen molar-refractivity contribution in [1.82, 2.24) is 20.1 Å². The largest absolute Gasteiger partial charge is 0.352 e. The van der Waals surface area contributed by atoms with Crippen LogP contribution in [-0.2, 0) is 0 Å². The van der Waals surface area contributed by atoms with Gasteiger partial charge in [0.25, 0.3) is 5.91 Å². The highest BCUT2D eigenvalue weighted by atomic mass is 16.2. The molecule has 0 saturated heterocycles. The lowest BCUT2D eigenvalue weighted by atomic mass is 9.97. The van der Waals surface area contributed by atoms with Crippen molar-refractivity contribution in [3.8, 4) is 0 Å². The number of hydrogen-bond acceptors (Lipinski definition) is 4. The molecule has 7 heteroatoms. The molecule has 0 fully saturated rings. The molecule has 3 N–H and O–H groups in total. The normalized spacial score (nSPS) is 12.0. The SMILES string of the molecule is Cc1nc2c(C)cccc2cc1C(=O)n1nc(C)c(C(NC(N)=O)c2ccccc2)c1C. The molecule has 0 radical (unpaired) electrons. The number of nitrogens with zero attached hydrogens (tertiary/aromatic N) is 3. The first-order valence-corrected chi connectivity index (χ1v) is 10.4. The smallest absolute Gasteiger partial charge is 0.312 e. The molecule has 2 amide bonds. The molecule has 2 aromatic heterocycles. The van der Waals surface area contributed by atoms with Crippen LogP contribution < -0.4 is 11.1 Å². The number of rotatable bonds is 4. The zero-order valence-corrected chi connectivity index (χ0v) is 18.5. The van der Waals surface area contributed by atoms with E-state index in [2.05, 4.69) is 15.4 Å². The lowest BCUT2D eigenvalue weighted by molar-refractivity contribution is 0.0941. The maximum Gasteiger partial charge on any atom is 0.312 e. The molecule has 162 valence electrons. The fraction of sp³-hybridized carbons (Fsp3) is 0.200. The third kappa shape index (κ3) is 3.73. The van der Waals surface area contributed by atoms with Crippen LogP contribution >= 0.6 is 0 Å². The molecule has 0 aliphatic heterocycles. The van der Waals surface area contributed by atoms with E-state index in [1.54, 1.807) is 0 Å². The second-order valence-electron chi connectivity index (χ2n) is 7.92. The number of hydrogen-bond donors (Lipinski definition) is 2. The number of aromatic nitrogens is 3. The molecule has 7 nitrogen and oxygen atoms in total. The van der Waals surface area contributed by atoms with Crippen LogP contribution in [0.2, 0.25) is 0 Å². The van der Waals surface area contributed by atoms with Gasteiger partial charge < -0.3 is 11.1 Å². The van der Waals surface area contributed by atoms with Crippen LogP contribution in [0.25, 0.3) is 10.9 Å². The standard InChI is InChI=1S/C25H25N5O2/c1-14-9-8-12-19-13-20(15(2)27-22(14)19)24(31)30-17(4)21(16(3)29-30)23(28-25(26)32)18-10-6-5-7-11-18/h5-13,23H,1-4H3,(H3,26,28,32). The van der Waals surface area contributed by atoms with Gasteiger partial charge in [0.05, 0.1) is 34.2 Å². The molecular formula is C25H25N5O2. The van der Waals surface area contributed by atoms with Crippen molar-refractivity contribution in [3.63, 3.8) is 0 Å². The Hall–Kier alpha value is -4.00. The van der Waals surface area contributed by atoms with Crippen LogP contribution in [0.4, 0.5) is 4.79 Å². The molecule has 32 heavy (non-hydrogen) atoms. The van der Waals surface area contributed by atoms with Crippen molar-refractivity contribution in [2.24, 2.45) is 5.73 Å². The molecule has 0 aliphatic carbocycles. The van der Waals surface area contributed by atoms with Gasteiger partial charge >= 0.3 is 6.03 Å². The first-order chi connectivity index (χ1) is 15.3. The van der Waals surface area contributed by atoms with Gasteiger partial charge in [-0.3, -0.25) is 9.78 Å². The highest BCUT2D eigenvalue weighted by Crippen LogP contribution is 2.29. The Morgan fingerprint density at radius 1 is 0.969 bits per heavy atom. The summed E-state index contributed by atoms with van der Waals surface area (Å²) >= 11 is 0. The Bertz CT molecular complexity index is 1340. The lowest BCUT2D eigenvalue weighted by Crippen LogP contribution is -2.34.